The molecule has 1 aromatic heterocycles. The highest BCUT2D eigenvalue weighted by Gasteiger charge is 2.25. The molecule has 0 atom stereocenters. The first-order chi connectivity index (χ1) is 14.3. The molecule has 2 rings (SSSR count). The quantitative estimate of drug-likeness (QED) is 0.546. The molecule has 170 valence electrons. The Kier molecular flexibility index (Phi) is 9.53. The van der Waals surface area contributed by atoms with Crippen molar-refractivity contribution in [1.29, 1.82) is 0 Å². The zero-order valence-electron chi connectivity index (χ0n) is 18.0. The van der Waals surface area contributed by atoms with Crippen LogP contribution in [0.25, 0.3) is 0 Å². The molecule has 11 heteroatoms. The molecule has 2 heterocycles. The lowest BCUT2D eigenvalue weighted by atomic mass is 10.3. The lowest BCUT2D eigenvalue weighted by Gasteiger charge is -2.34. The molecule has 0 spiro atoms. The van der Waals surface area contributed by atoms with Gasteiger partial charge in [0, 0.05) is 50.7 Å². The molecule has 1 fully saturated rings. The molecule has 1 saturated heterocycles. The van der Waals surface area contributed by atoms with Crippen molar-refractivity contribution in [1.82, 2.24) is 24.7 Å². The van der Waals surface area contributed by atoms with E-state index < -0.39 is 10.0 Å². The normalized spacial score (nSPS) is 15.4. The molecule has 0 aliphatic carbocycles. The highest BCUT2D eigenvalue weighted by Crippen LogP contribution is 2.24. The first kappa shape index (κ1) is 24.6. The Balaban J connectivity index is 1.79. The van der Waals surface area contributed by atoms with Crippen molar-refractivity contribution >= 4 is 33.3 Å². The third kappa shape index (κ3) is 6.66. The number of nitrogens with one attached hydrogen (secondary N) is 2. The van der Waals surface area contributed by atoms with Gasteiger partial charge in [-0.1, -0.05) is 20.8 Å². The molecule has 3 amide bonds. The summed E-state index contributed by atoms with van der Waals surface area (Å²) >= 11 is 1.19. The molecule has 0 bridgehead atoms. The fraction of sp³-hybridized carbons (Fsp3) is 0.684. The average molecular weight is 460 g/mol. The van der Waals surface area contributed by atoms with E-state index in [0.29, 0.717) is 56.6 Å². The van der Waals surface area contributed by atoms with Crippen LogP contribution in [-0.4, -0.2) is 86.8 Å². The molecule has 1 aromatic rings. The maximum absolute atomic E-state index is 12.6. The number of piperazine rings is 1. The Hall–Kier alpha value is -1.69. The number of hydrogen-bond donors (Lipinski definition) is 2. The van der Waals surface area contributed by atoms with Gasteiger partial charge in [-0.25, -0.2) is 13.2 Å². The Bertz CT molecular complexity index is 800. The van der Waals surface area contributed by atoms with Crippen LogP contribution in [0.15, 0.2) is 16.3 Å². The molecule has 30 heavy (non-hydrogen) atoms. The van der Waals surface area contributed by atoms with Crippen molar-refractivity contribution in [2.24, 2.45) is 0 Å². The van der Waals surface area contributed by atoms with E-state index in [-0.39, 0.29) is 18.5 Å². The van der Waals surface area contributed by atoms with Crippen LogP contribution < -0.4 is 10.6 Å². The standard InChI is InChI=1S/C19H33N5O4S2/c1-4-9-20-17(25)15-22-10-12-23(13-11-22)19(26)21-14-16-7-8-18(29-16)30(27,28)24(5-2)6-3/h7-8H,4-6,9-15H2,1-3H3,(H,20,25)(H,21,26). The molecular formula is C19H33N5O4S2. The summed E-state index contributed by atoms with van der Waals surface area (Å²) in [6.07, 6.45) is 0.910. The molecule has 1 aliphatic heterocycles. The number of hydrogen-bond acceptors (Lipinski definition) is 6. The monoisotopic (exact) mass is 459 g/mol. The van der Waals surface area contributed by atoms with Crippen molar-refractivity contribution in [2.75, 3.05) is 52.4 Å². The number of nitrogens with zero attached hydrogens (tertiary/aromatic N) is 3. The molecule has 2 N–H and O–H groups in total. The van der Waals surface area contributed by atoms with Gasteiger partial charge >= 0.3 is 6.03 Å². The van der Waals surface area contributed by atoms with Gasteiger partial charge in [-0.2, -0.15) is 4.31 Å². The third-order valence-corrected chi connectivity index (χ3v) is 8.55. The predicted molar refractivity (Wildman–Crippen MR) is 118 cm³/mol. The summed E-state index contributed by atoms with van der Waals surface area (Å²) < 4.78 is 26.8. The molecular weight excluding hydrogens is 426 g/mol. The predicted octanol–water partition coefficient (Wildman–Crippen LogP) is 1.13. The van der Waals surface area contributed by atoms with Gasteiger partial charge in [0.25, 0.3) is 10.0 Å². The van der Waals surface area contributed by atoms with E-state index in [1.807, 2.05) is 25.7 Å². The van der Waals surface area contributed by atoms with Crippen molar-refractivity contribution < 1.29 is 18.0 Å². The number of carbonyl (C=O) groups excluding carboxylic acids is 2. The zero-order chi connectivity index (χ0) is 22.1. The summed E-state index contributed by atoms with van der Waals surface area (Å²) in [7, 11) is -3.47. The summed E-state index contributed by atoms with van der Waals surface area (Å²) in [6, 6.07) is 3.17. The van der Waals surface area contributed by atoms with Crippen molar-refractivity contribution in [2.45, 2.75) is 37.9 Å². The van der Waals surface area contributed by atoms with E-state index in [2.05, 4.69) is 10.6 Å². The largest absolute Gasteiger partial charge is 0.355 e. The fourth-order valence-corrected chi connectivity index (χ4v) is 6.10. The average Bonchev–Trinajstić information content (AvgIpc) is 3.22. The molecule has 0 radical (unpaired) electrons. The smallest absolute Gasteiger partial charge is 0.317 e. The van der Waals surface area contributed by atoms with E-state index in [0.717, 1.165) is 11.3 Å². The van der Waals surface area contributed by atoms with Crippen LogP contribution in [0.2, 0.25) is 0 Å². The van der Waals surface area contributed by atoms with Crippen LogP contribution in [0, 0.1) is 0 Å². The Labute approximate surface area is 183 Å². The van der Waals surface area contributed by atoms with E-state index in [1.165, 1.54) is 15.6 Å². The van der Waals surface area contributed by atoms with Gasteiger partial charge in [-0.15, -0.1) is 11.3 Å². The van der Waals surface area contributed by atoms with Gasteiger partial charge in [-0.05, 0) is 18.6 Å². The van der Waals surface area contributed by atoms with Crippen LogP contribution in [0.3, 0.4) is 0 Å². The van der Waals surface area contributed by atoms with Crippen molar-refractivity contribution in [3.8, 4) is 0 Å². The second-order valence-electron chi connectivity index (χ2n) is 7.08. The molecule has 0 unspecified atom stereocenters. The topological polar surface area (TPSA) is 102 Å². The number of urea groups is 1. The van der Waals surface area contributed by atoms with Gasteiger partial charge in [0.05, 0.1) is 13.1 Å². The van der Waals surface area contributed by atoms with Crippen LogP contribution in [0.1, 0.15) is 32.1 Å². The van der Waals surface area contributed by atoms with E-state index in [1.54, 1.807) is 17.0 Å². The number of sulfonamides is 1. The summed E-state index contributed by atoms with van der Waals surface area (Å²) in [5.74, 6) is 0.0166. The Morgan fingerprint density at radius 1 is 1.07 bits per heavy atom. The lowest BCUT2D eigenvalue weighted by Crippen LogP contribution is -2.53. The summed E-state index contributed by atoms with van der Waals surface area (Å²) in [5, 5.41) is 5.73. The summed E-state index contributed by atoms with van der Waals surface area (Å²) in [4.78, 5) is 28.8. The maximum Gasteiger partial charge on any atom is 0.317 e. The summed E-state index contributed by atoms with van der Waals surface area (Å²) in [5.41, 5.74) is 0. The summed E-state index contributed by atoms with van der Waals surface area (Å²) in [6.45, 7) is 10.2. The number of thiophene rings is 1. The highest BCUT2D eigenvalue weighted by molar-refractivity contribution is 7.91. The Morgan fingerprint density at radius 3 is 2.33 bits per heavy atom. The molecule has 0 aromatic carbocycles. The van der Waals surface area contributed by atoms with E-state index in [9.17, 15) is 18.0 Å². The SMILES string of the molecule is CCCNC(=O)CN1CCN(C(=O)NCc2ccc(S(=O)(=O)N(CC)CC)s2)CC1. The Morgan fingerprint density at radius 2 is 1.73 bits per heavy atom. The van der Waals surface area contributed by atoms with Crippen LogP contribution in [0.5, 0.6) is 0 Å². The van der Waals surface area contributed by atoms with Gasteiger partial charge in [0.15, 0.2) is 0 Å². The van der Waals surface area contributed by atoms with Gasteiger partial charge in [0.1, 0.15) is 4.21 Å². The van der Waals surface area contributed by atoms with Crippen molar-refractivity contribution in [3.05, 3.63) is 17.0 Å². The highest BCUT2D eigenvalue weighted by atomic mass is 32.2. The minimum absolute atomic E-state index is 0.0166. The lowest BCUT2D eigenvalue weighted by molar-refractivity contribution is -0.122. The first-order valence-electron chi connectivity index (χ1n) is 10.4. The second-order valence-corrected chi connectivity index (χ2v) is 10.4. The third-order valence-electron chi connectivity index (χ3n) is 4.95. The first-order valence-corrected chi connectivity index (χ1v) is 12.7. The van der Waals surface area contributed by atoms with Crippen LogP contribution in [-0.2, 0) is 21.4 Å². The van der Waals surface area contributed by atoms with Crippen LogP contribution >= 0.6 is 11.3 Å². The molecule has 9 nitrogen and oxygen atoms in total. The molecule has 1 aliphatic rings. The van der Waals surface area contributed by atoms with E-state index >= 15 is 0 Å². The minimum Gasteiger partial charge on any atom is -0.355 e. The van der Waals surface area contributed by atoms with E-state index in [4.69, 9.17) is 0 Å². The van der Waals surface area contributed by atoms with Crippen molar-refractivity contribution in [3.63, 3.8) is 0 Å². The number of rotatable bonds is 10. The minimum atomic E-state index is -3.47. The zero-order valence-corrected chi connectivity index (χ0v) is 19.6. The fourth-order valence-electron chi connectivity index (χ4n) is 3.19. The number of carbonyl (C=O) groups is 2. The van der Waals surface area contributed by atoms with Gasteiger partial charge in [-0.3, -0.25) is 9.69 Å². The van der Waals surface area contributed by atoms with Crippen LogP contribution in [0.4, 0.5) is 4.79 Å². The maximum atomic E-state index is 12.6. The molecule has 0 saturated carbocycles. The van der Waals surface area contributed by atoms with Gasteiger partial charge < -0.3 is 15.5 Å². The second kappa shape index (κ2) is 11.6. The van der Waals surface area contributed by atoms with Gasteiger partial charge in [0.2, 0.25) is 5.91 Å². The number of amides is 3.